The molecule has 0 fully saturated rings. The first-order valence-electron chi connectivity index (χ1n) is 10.6. The number of thioether (sulfide) groups is 1. The molecule has 0 saturated carbocycles. The molecule has 33 heavy (non-hydrogen) atoms. The summed E-state index contributed by atoms with van der Waals surface area (Å²) < 4.78 is 40.8. The fourth-order valence-corrected chi connectivity index (χ4v) is 5.45. The molecule has 1 amide bonds. The Labute approximate surface area is 199 Å². The van der Waals surface area contributed by atoms with Crippen molar-refractivity contribution in [1.29, 1.82) is 0 Å². The third kappa shape index (κ3) is 7.33. The van der Waals surface area contributed by atoms with E-state index in [4.69, 9.17) is 0 Å². The summed E-state index contributed by atoms with van der Waals surface area (Å²) in [6, 6.07) is 21.6. The van der Waals surface area contributed by atoms with Gasteiger partial charge in [-0.2, -0.15) is 11.8 Å². The molecule has 0 aliphatic carbocycles. The van der Waals surface area contributed by atoms with Gasteiger partial charge in [0.05, 0.1) is 10.6 Å². The van der Waals surface area contributed by atoms with Crippen molar-refractivity contribution < 1.29 is 17.6 Å². The molecular formula is C25H27FN2O3S2. The number of halogens is 1. The molecule has 3 aromatic rings. The van der Waals surface area contributed by atoms with Gasteiger partial charge >= 0.3 is 0 Å². The molecule has 1 N–H and O–H groups in total. The van der Waals surface area contributed by atoms with E-state index in [2.05, 4.69) is 17.4 Å². The first-order valence-corrected chi connectivity index (χ1v) is 13.2. The molecule has 0 aliphatic rings. The third-order valence-corrected chi connectivity index (χ3v) is 7.81. The quantitative estimate of drug-likeness (QED) is 0.397. The lowest BCUT2D eigenvalue weighted by atomic mass is 10.2. The van der Waals surface area contributed by atoms with Crippen molar-refractivity contribution in [2.45, 2.75) is 24.0 Å². The first-order chi connectivity index (χ1) is 15.9. The van der Waals surface area contributed by atoms with Gasteiger partial charge in [-0.1, -0.05) is 48.0 Å². The van der Waals surface area contributed by atoms with Crippen molar-refractivity contribution in [3.8, 4) is 0 Å². The van der Waals surface area contributed by atoms with E-state index >= 15 is 0 Å². The van der Waals surface area contributed by atoms with Crippen LogP contribution in [-0.4, -0.2) is 33.2 Å². The van der Waals surface area contributed by atoms with Gasteiger partial charge in [-0.05, 0) is 61.1 Å². The molecule has 0 aliphatic heterocycles. The van der Waals surface area contributed by atoms with E-state index in [0.29, 0.717) is 12.2 Å². The fraction of sp³-hybridized carbons (Fsp3) is 0.240. The molecule has 0 heterocycles. The van der Waals surface area contributed by atoms with Crippen LogP contribution in [0.25, 0.3) is 0 Å². The maximum absolute atomic E-state index is 13.3. The highest BCUT2D eigenvalue weighted by Crippen LogP contribution is 2.24. The third-order valence-electron chi connectivity index (χ3n) is 4.91. The topological polar surface area (TPSA) is 66.5 Å². The number of anilines is 1. The zero-order valence-electron chi connectivity index (χ0n) is 18.4. The smallest absolute Gasteiger partial charge is 0.264 e. The molecule has 8 heteroatoms. The van der Waals surface area contributed by atoms with Crippen LogP contribution in [0.4, 0.5) is 10.1 Å². The van der Waals surface area contributed by atoms with Crippen molar-refractivity contribution in [3.05, 3.63) is 95.8 Å². The molecule has 5 nitrogen and oxygen atoms in total. The van der Waals surface area contributed by atoms with E-state index in [1.807, 2.05) is 25.1 Å². The number of carbonyl (C=O) groups excluding carboxylic acids is 1. The Morgan fingerprint density at radius 1 is 0.970 bits per heavy atom. The Bertz CT molecular complexity index is 1140. The predicted octanol–water partition coefficient (Wildman–Crippen LogP) is 4.77. The number of aryl methyl sites for hydroxylation is 1. The van der Waals surface area contributed by atoms with Crippen molar-refractivity contribution >= 4 is 33.4 Å². The number of hydrogen-bond donors (Lipinski definition) is 1. The van der Waals surface area contributed by atoms with Crippen LogP contribution < -0.4 is 9.62 Å². The summed E-state index contributed by atoms with van der Waals surface area (Å²) >= 11 is 1.78. The average Bonchev–Trinajstić information content (AvgIpc) is 2.81. The molecule has 0 spiro atoms. The molecule has 3 rings (SSSR count). The van der Waals surface area contributed by atoms with Crippen LogP contribution in [0.5, 0.6) is 0 Å². The number of carbonyl (C=O) groups is 1. The van der Waals surface area contributed by atoms with E-state index in [1.54, 1.807) is 36.0 Å². The van der Waals surface area contributed by atoms with E-state index in [0.717, 1.165) is 39.9 Å². The minimum atomic E-state index is -4.05. The van der Waals surface area contributed by atoms with Crippen LogP contribution >= 0.6 is 11.8 Å². The van der Waals surface area contributed by atoms with Crippen LogP contribution in [0.3, 0.4) is 0 Å². The summed E-state index contributed by atoms with van der Waals surface area (Å²) in [7, 11) is -4.05. The normalized spacial score (nSPS) is 11.2. The van der Waals surface area contributed by atoms with Crippen molar-refractivity contribution in [2.75, 3.05) is 23.1 Å². The summed E-state index contributed by atoms with van der Waals surface area (Å²) in [5.41, 5.74) is 2.60. The molecule has 0 unspecified atom stereocenters. The Morgan fingerprint density at radius 3 is 2.30 bits per heavy atom. The lowest BCUT2D eigenvalue weighted by Gasteiger charge is -2.24. The van der Waals surface area contributed by atoms with Crippen LogP contribution in [-0.2, 0) is 20.6 Å². The molecule has 174 valence electrons. The molecular weight excluding hydrogens is 459 g/mol. The van der Waals surface area contributed by atoms with E-state index in [-0.39, 0.29) is 11.4 Å². The molecule has 0 aromatic heterocycles. The second kappa shape index (κ2) is 11.9. The molecule has 0 bridgehead atoms. The molecule has 0 radical (unpaired) electrons. The highest BCUT2D eigenvalue weighted by molar-refractivity contribution is 7.98. The Balaban J connectivity index is 1.59. The highest BCUT2D eigenvalue weighted by Gasteiger charge is 2.27. The predicted molar refractivity (Wildman–Crippen MR) is 132 cm³/mol. The van der Waals surface area contributed by atoms with Crippen LogP contribution in [0, 0.1) is 12.7 Å². The SMILES string of the molecule is Cc1ccc(N(CC(=O)NCCCSCc2ccccc2)S(=O)(=O)c2ccc(F)cc2)cc1. The number of hydrogen-bond acceptors (Lipinski definition) is 4. The minimum Gasteiger partial charge on any atom is -0.354 e. The number of sulfonamides is 1. The lowest BCUT2D eigenvalue weighted by Crippen LogP contribution is -2.41. The van der Waals surface area contributed by atoms with E-state index in [9.17, 15) is 17.6 Å². The van der Waals surface area contributed by atoms with Gasteiger partial charge in [0.25, 0.3) is 10.0 Å². The second-order valence-corrected chi connectivity index (χ2v) is 10.5. The molecule has 0 saturated heterocycles. The molecule has 0 atom stereocenters. The Kier molecular flexibility index (Phi) is 8.91. The average molecular weight is 487 g/mol. The van der Waals surface area contributed by atoms with Crippen LogP contribution in [0.2, 0.25) is 0 Å². The van der Waals surface area contributed by atoms with Gasteiger partial charge in [-0.15, -0.1) is 0 Å². The van der Waals surface area contributed by atoms with Crippen LogP contribution in [0.15, 0.2) is 83.8 Å². The zero-order valence-corrected chi connectivity index (χ0v) is 20.0. The van der Waals surface area contributed by atoms with E-state index in [1.165, 1.54) is 17.7 Å². The first kappa shape index (κ1) is 24.8. The summed E-state index contributed by atoms with van der Waals surface area (Å²) in [5.74, 6) is 0.865. The van der Waals surface area contributed by atoms with Gasteiger partial charge in [0.1, 0.15) is 12.4 Å². The van der Waals surface area contributed by atoms with Crippen molar-refractivity contribution in [2.24, 2.45) is 0 Å². The highest BCUT2D eigenvalue weighted by atomic mass is 32.2. The maximum atomic E-state index is 13.3. The minimum absolute atomic E-state index is 0.0745. The summed E-state index contributed by atoms with van der Waals surface area (Å²) in [4.78, 5) is 12.5. The lowest BCUT2D eigenvalue weighted by molar-refractivity contribution is -0.119. The fourth-order valence-electron chi connectivity index (χ4n) is 3.11. The standard InChI is InChI=1S/C25H27FN2O3S2/c1-20-8-12-23(13-9-20)28(33(30,31)24-14-10-22(26)11-15-24)18-25(29)27-16-5-17-32-19-21-6-3-2-4-7-21/h2-4,6-15H,5,16-19H2,1H3,(H,27,29). The summed E-state index contributed by atoms with van der Waals surface area (Å²) in [6.07, 6.45) is 0.776. The number of amides is 1. The second-order valence-electron chi connectivity index (χ2n) is 7.54. The van der Waals surface area contributed by atoms with Gasteiger partial charge in [0, 0.05) is 12.3 Å². The maximum Gasteiger partial charge on any atom is 0.264 e. The Morgan fingerprint density at radius 2 is 1.64 bits per heavy atom. The molecule has 3 aromatic carbocycles. The number of nitrogens with one attached hydrogen (secondary N) is 1. The van der Waals surface area contributed by atoms with Crippen molar-refractivity contribution in [1.82, 2.24) is 5.32 Å². The number of rotatable bonds is 11. The van der Waals surface area contributed by atoms with Gasteiger partial charge < -0.3 is 5.32 Å². The van der Waals surface area contributed by atoms with Gasteiger partial charge in [-0.3, -0.25) is 9.10 Å². The largest absolute Gasteiger partial charge is 0.354 e. The summed E-state index contributed by atoms with van der Waals surface area (Å²) in [6.45, 7) is 1.99. The number of benzene rings is 3. The van der Waals surface area contributed by atoms with Crippen molar-refractivity contribution in [3.63, 3.8) is 0 Å². The van der Waals surface area contributed by atoms with Gasteiger partial charge in [0.15, 0.2) is 0 Å². The van der Waals surface area contributed by atoms with Gasteiger partial charge in [-0.25, -0.2) is 12.8 Å². The monoisotopic (exact) mass is 486 g/mol. The zero-order chi connectivity index (χ0) is 23.7. The van der Waals surface area contributed by atoms with E-state index < -0.39 is 21.7 Å². The summed E-state index contributed by atoms with van der Waals surface area (Å²) in [5, 5.41) is 2.81. The van der Waals surface area contributed by atoms with Crippen LogP contribution in [0.1, 0.15) is 17.5 Å². The van der Waals surface area contributed by atoms with Gasteiger partial charge in [0.2, 0.25) is 5.91 Å². The number of nitrogens with zero attached hydrogens (tertiary/aromatic N) is 1. The Hall–Kier alpha value is -2.84.